The molecule has 0 unspecified atom stereocenters. The number of halogens is 6. The lowest BCUT2D eigenvalue weighted by molar-refractivity contribution is -0.139. The van der Waals surface area contributed by atoms with Gasteiger partial charge < -0.3 is 0 Å². The Bertz CT molecular complexity index is 1030. The zero-order valence-corrected chi connectivity index (χ0v) is 16.5. The van der Waals surface area contributed by atoms with Crippen molar-refractivity contribution in [1.29, 1.82) is 0 Å². The molecule has 0 N–H and O–H groups in total. The van der Waals surface area contributed by atoms with Crippen molar-refractivity contribution in [1.82, 2.24) is 0 Å². The van der Waals surface area contributed by atoms with Gasteiger partial charge in [0.1, 0.15) is 0 Å². The molecular formula is C24H20F6. The Morgan fingerprint density at radius 3 is 1.53 bits per heavy atom. The van der Waals surface area contributed by atoms with Crippen molar-refractivity contribution in [2.75, 3.05) is 0 Å². The lowest BCUT2D eigenvalue weighted by atomic mass is 9.91. The van der Waals surface area contributed by atoms with E-state index in [1.165, 1.54) is 19.1 Å². The molecular weight excluding hydrogens is 402 g/mol. The maximum Gasteiger partial charge on any atom is 0.417 e. The number of benzene rings is 3. The van der Waals surface area contributed by atoms with E-state index in [1.54, 1.807) is 0 Å². The highest BCUT2D eigenvalue weighted by molar-refractivity contribution is 5.73. The Labute approximate surface area is 171 Å². The molecule has 0 fully saturated rings. The third kappa shape index (κ3) is 5.04. The first-order chi connectivity index (χ1) is 13.9. The average Bonchev–Trinajstić information content (AvgIpc) is 2.66. The van der Waals surface area contributed by atoms with E-state index in [0.29, 0.717) is 24.0 Å². The second-order valence-electron chi connectivity index (χ2n) is 7.41. The minimum Gasteiger partial charge on any atom is -0.166 e. The summed E-state index contributed by atoms with van der Waals surface area (Å²) in [6, 6.07) is 14.6. The van der Waals surface area contributed by atoms with Crippen LogP contribution in [0.1, 0.15) is 33.4 Å². The molecule has 0 saturated heterocycles. The van der Waals surface area contributed by atoms with Crippen molar-refractivity contribution >= 4 is 0 Å². The minimum atomic E-state index is -4.77. The summed E-state index contributed by atoms with van der Waals surface area (Å²) in [6.45, 7) is 3.41. The Hall–Kier alpha value is -2.76. The molecule has 0 aromatic heterocycles. The van der Waals surface area contributed by atoms with Crippen molar-refractivity contribution < 1.29 is 26.3 Å². The molecule has 3 rings (SSSR count). The predicted molar refractivity (Wildman–Crippen MR) is 105 cm³/mol. The molecule has 3 aromatic rings. The van der Waals surface area contributed by atoms with Gasteiger partial charge in [-0.05, 0) is 61.1 Å². The first-order valence-electron chi connectivity index (χ1n) is 9.39. The number of aryl methyl sites for hydroxylation is 4. The van der Waals surface area contributed by atoms with Crippen LogP contribution in [0.15, 0.2) is 60.7 Å². The van der Waals surface area contributed by atoms with Gasteiger partial charge in [-0.15, -0.1) is 0 Å². The summed E-state index contributed by atoms with van der Waals surface area (Å²) in [5.74, 6) is 0. The number of hydrogen-bond donors (Lipinski definition) is 0. The molecule has 0 aliphatic heterocycles. The maximum atomic E-state index is 13.7. The van der Waals surface area contributed by atoms with Crippen molar-refractivity contribution in [2.45, 2.75) is 39.0 Å². The summed E-state index contributed by atoms with van der Waals surface area (Å²) in [7, 11) is 0. The molecule has 0 heterocycles. The van der Waals surface area contributed by atoms with Crippen LogP contribution in [-0.2, 0) is 25.2 Å². The largest absolute Gasteiger partial charge is 0.417 e. The monoisotopic (exact) mass is 422 g/mol. The SMILES string of the molecule is Cc1ccc(CCc2ccc(-c3ccc(C)cc3C(F)(F)F)c(C(F)(F)F)c2)cc1. The van der Waals surface area contributed by atoms with Crippen LogP contribution in [0, 0.1) is 13.8 Å². The van der Waals surface area contributed by atoms with Crippen molar-refractivity contribution in [3.8, 4) is 11.1 Å². The van der Waals surface area contributed by atoms with Crippen LogP contribution in [0.3, 0.4) is 0 Å². The summed E-state index contributed by atoms with van der Waals surface area (Å²) < 4.78 is 81.7. The van der Waals surface area contributed by atoms with Crippen LogP contribution in [0.25, 0.3) is 11.1 Å². The van der Waals surface area contributed by atoms with Crippen molar-refractivity contribution in [3.05, 3.63) is 94.0 Å². The summed E-state index contributed by atoms with van der Waals surface area (Å²) >= 11 is 0. The molecule has 0 bridgehead atoms. The van der Waals surface area contributed by atoms with Crippen molar-refractivity contribution in [3.63, 3.8) is 0 Å². The second-order valence-corrected chi connectivity index (χ2v) is 7.41. The van der Waals surface area contributed by atoms with Gasteiger partial charge in [0, 0.05) is 0 Å². The van der Waals surface area contributed by atoms with Gasteiger partial charge in [-0.1, -0.05) is 59.7 Å². The number of alkyl halides is 6. The number of rotatable bonds is 4. The summed E-state index contributed by atoms with van der Waals surface area (Å²) in [6.07, 6.45) is -8.64. The molecule has 6 heteroatoms. The molecule has 0 aliphatic rings. The molecule has 0 radical (unpaired) electrons. The Balaban J connectivity index is 2.02. The standard InChI is InChI=1S/C24H20F6/c1-15-3-6-17(7-4-15)8-9-18-10-12-20(22(14-18)24(28,29)30)19-11-5-16(2)13-21(19)23(25,26)27/h3-7,10-14H,8-9H2,1-2H3. The van der Waals surface area contributed by atoms with Gasteiger partial charge in [0.15, 0.2) is 0 Å². The molecule has 0 nitrogen and oxygen atoms in total. The Morgan fingerprint density at radius 1 is 0.533 bits per heavy atom. The molecule has 3 aromatic carbocycles. The van der Waals surface area contributed by atoms with E-state index in [-0.39, 0.29) is 0 Å². The van der Waals surface area contributed by atoms with Gasteiger partial charge in [-0.2, -0.15) is 26.3 Å². The lowest BCUT2D eigenvalue weighted by Gasteiger charge is -2.19. The second kappa shape index (κ2) is 8.17. The topological polar surface area (TPSA) is 0 Å². The normalized spacial score (nSPS) is 12.3. The summed E-state index contributed by atoms with van der Waals surface area (Å²) in [5.41, 5.74) is -0.239. The van der Waals surface area contributed by atoms with Gasteiger partial charge in [0.2, 0.25) is 0 Å². The minimum absolute atomic E-state index is 0.328. The molecule has 0 amide bonds. The van der Waals surface area contributed by atoms with E-state index in [4.69, 9.17) is 0 Å². The first-order valence-corrected chi connectivity index (χ1v) is 9.39. The molecule has 0 aliphatic carbocycles. The van der Waals surface area contributed by atoms with Crippen LogP contribution in [0.2, 0.25) is 0 Å². The molecule has 0 atom stereocenters. The van der Waals surface area contributed by atoms with Crippen LogP contribution in [0.4, 0.5) is 26.3 Å². The third-order valence-electron chi connectivity index (χ3n) is 4.98. The van der Waals surface area contributed by atoms with Gasteiger partial charge in [-0.25, -0.2) is 0 Å². The van der Waals surface area contributed by atoms with Gasteiger partial charge in [-0.3, -0.25) is 0 Å². The van der Waals surface area contributed by atoms with E-state index in [1.807, 2.05) is 31.2 Å². The summed E-state index contributed by atoms with van der Waals surface area (Å²) in [4.78, 5) is 0. The lowest BCUT2D eigenvalue weighted by Crippen LogP contribution is -2.12. The highest BCUT2D eigenvalue weighted by Gasteiger charge is 2.38. The quantitative estimate of drug-likeness (QED) is 0.377. The van der Waals surface area contributed by atoms with Crippen LogP contribution in [0.5, 0.6) is 0 Å². The molecule has 0 spiro atoms. The van der Waals surface area contributed by atoms with Gasteiger partial charge in [0.05, 0.1) is 11.1 Å². The zero-order chi connectivity index (χ0) is 22.1. The van der Waals surface area contributed by atoms with Crippen LogP contribution >= 0.6 is 0 Å². The van der Waals surface area contributed by atoms with Gasteiger partial charge >= 0.3 is 12.4 Å². The predicted octanol–water partition coefficient (Wildman–Crippen LogP) is 7.79. The average molecular weight is 422 g/mol. The smallest absolute Gasteiger partial charge is 0.166 e. The number of hydrogen-bond acceptors (Lipinski definition) is 0. The van der Waals surface area contributed by atoms with Crippen LogP contribution in [-0.4, -0.2) is 0 Å². The summed E-state index contributed by atoms with van der Waals surface area (Å²) in [5, 5.41) is 0. The fourth-order valence-electron chi connectivity index (χ4n) is 3.39. The van der Waals surface area contributed by atoms with E-state index >= 15 is 0 Å². The Kier molecular flexibility index (Phi) is 5.97. The van der Waals surface area contributed by atoms with E-state index in [0.717, 1.165) is 35.4 Å². The Morgan fingerprint density at radius 2 is 0.967 bits per heavy atom. The van der Waals surface area contributed by atoms with E-state index < -0.39 is 34.6 Å². The van der Waals surface area contributed by atoms with E-state index in [9.17, 15) is 26.3 Å². The van der Waals surface area contributed by atoms with Crippen LogP contribution < -0.4 is 0 Å². The van der Waals surface area contributed by atoms with Gasteiger partial charge in [0.25, 0.3) is 0 Å². The zero-order valence-electron chi connectivity index (χ0n) is 16.5. The molecule has 0 saturated carbocycles. The molecule has 158 valence electrons. The maximum absolute atomic E-state index is 13.7. The van der Waals surface area contributed by atoms with Crippen molar-refractivity contribution in [2.24, 2.45) is 0 Å². The first kappa shape index (κ1) is 21.9. The third-order valence-corrected chi connectivity index (χ3v) is 4.98. The fourth-order valence-corrected chi connectivity index (χ4v) is 3.39. The van der Waals surface area contributed by atoms with E-state index in [2.05, 4.69) is 0 Å². The highest BCUT2D eigenvalue weighted by atomic mass is 19.4. The molecule has 30 heavy (non-hydrogen) atoms. The highest BCUT2D eigenvalue weighted by Crippen LogP contribution is 2.43. The fraction of sp³-hybridized carbons (Fsp3) is 0.250.